The van der Waals surface area contributed by atoms with Gasteiger partial charge in [-0.1, -0.05) is 18.2 Å². The van der Waals surface area contributed by atoms with Gasteiger partial charge in [-0.15, -0.1) is 11.3 Å². The van der Waals surface area contributed by atoms with E-state index in [0.29, 0.717) is 0 Å². The van der Waals surface area contributed by atoms with Crippen molar-refractivity contribution >= 4 is 27.2 Å². The normalized spacial score (nSPS) is 21.3. The van der Waals surface area contributed by atoms with Crippen LogP contribution in [0.15, 0.2) is 29.6 Å². The second kappa shape index (κ2) is 4.80. The quantitative estimate of drug-likeness (QED) is 0.838. The van der Waals surface area contributed by atoms with E-state index in [1.807, 2.05) is 30.6 Å². The minimum atomic E-state index is -0.0308. The largest absolute Gasteiger partial charge is 0.313 e. The zero-order chi connectivity index (χ0) is 12.5. The molecule has 1 saturated heterocycles. The summed E-state index contributed by atoms with van der Waals surface area (Å²) in [6.07, 6.45) is 0. The summed E-state index contributed by atoms with van der Waals surface area (Å²) in [6.45, 7) is 2.64. The van der Waals surface area contributed by atoms with Gasteiger partial charge in [0.25, 0.3) is 0 Å². The van der Waals surface area contributed by atoms with E-state index >= 15 is 0 Å². The minimum Gasteiger partial charge on any atom is -0.313 e. The molecule has 18 heavy (non-hydrogen) atoms. The first kappa shape index (κ1) is 11.8. The van der Waals surface area contributed by atoms with Crippen molar-refractivity contribution in [3.8, 4) is 0 Å². The first-order valence-corrected chi connectivity index (χ1v) is 7.07. The van der Waals surface area contributed by atoms with Crippen LogP contribution in [0.25, 0.3) is 10.1 Å². The van der Waals surface area contributed by atoms with E-state index in [2.05, 4.69) is 16.3 Å². The van der Waals surface area contributed by atoms with Gasteiger partial charge < -0.3 is 5.32 Å². The average Bonchev–Trinajstić information content (AvgIpc) is 2.82. The van der Waals surface area contributed by atoms with E-state index in [1.54, 1.807) is 11.3 Å². The Hall–Kier alpha value is -1.23. The SMILES string of the molecule is CN1CCNCC1C(=O)c1csc2ccccc12. The Morgan fingerprint density at radius 2 is 2.28 bits per heavy atom. The van der Waals surface area contributed by atoms with Crippen molar-refractivity contribution in [2.24, 2.45) is 0 Å². The van der Waals surface area contributed by atoms with Crippen LogP contribution in [0.1, 0.15) is 10.4 Å². The molecule has 1 unspecified atom stereocenters. The van der Waals surface area contributed by atoms with Crippen LogP contribution in [0.5, 0.6) is 0 Å². The lowest BCUT2D eigenvalue weighted by molar-refractivity contribution is 0.0821. The highest BCUT2D eigenvalue weighted by molar-refractivity contribution is 7.17. The number of benzene rings is 1. The van der Waals surface area contributed by atoms with Crippen molar-refractivity contribution in [3.05, 3.63) is 35.2 Å². The Kier molecular flexibility index (Phi) is 3.16. The van der Waals surface area contributed by atoms with Crippen molar-refractivity contribution in [2.75, 3.05) is 26.7 Å². The second-order valence-electron chi connectivity index (χ2n) is 4.71. The van der Waals surface area contributed by atoms with E-state index in [4.69, 9.17) is 0 Å². The van der Waals surface area contributed by atoms with Crippen molar-refractivity contribution in [2.45, 2.75) is 6.04 Å². The molecule has 4 heteroatoms. The van der Waals surface area contributed by atoms with Gasteiger partial charge in [-0.05, 0) is 13.1 Å². The van der Waals surface area contributed by atoms with Gasteiger partial charge in [-0.25, -0.2) is 0 Å². The third-order valence-electron chi connectivity index (χ3n) is 3.56. The van der Waals surface area contributed by atoms with Crippen molar-refractivity contribution < 1.29 is 4.79 Å². The Morgan fingerprint density at radius 1 is 1.44 bits per heavy atom. The van der Waals surface area contributed by atoms with Crippen LogP contribution in [0, 0.1) is 0 Å². The Bertz CT molecular complexity index is 578. The number of carbonyl (C=O) groups excluding carboxylic acids is 1. The summed E-state index contributed by atoms with van der Waals surface area (Å²) in [5.74, 6) is 0.238. The predicted octanol–water partition coefficient (Wildman–Crippen LogP) is 1.99. The molecule has 94 valence electrons. The van der Waals surface area contributed by atoms with Crippen LogP contribution < -0.4 is 5.32 Å². The predicted molar refractivity (Wildman–Crippen MR) is 75.4 cm³/mol. The monoisotopic (exact) mass is 260 g/mol. The number of hydrogen-bond acceptors (Lipinski definition) is 4. The van der Waals surface area contributed by atoms with Gasteiger partial charge >= 0.3 is 0 Å². The number of carbonyl (C=O) groups is 1. The maximum atomic E-state index is 12.6. The number of hydrogen-bond donors (Lipinski definition) is 1. The van der Waals surface area contributed by atoms with E-state index in [9.17, 15) is 4.79 Å². The molecule has 2 aromatic rings. The molecule has 2 heterocycles. The van der Waals surface area contributed by atoms with Crippen LogP contribution in [0.4, 0.5) is 0 Å². The number of rotatable bonds is 2. The molecule has 1 aromatic carbocycles. The lowest BCUT2D eigenvalue weighted by atomic mass is 10.0. The molecule has 1 aliphatic heterocycles. The summed E-state index contributed by atoms with van der Waals surface area (Å²) in [5, 5.41) is 6.38. The fraction of sp³-hybridized carbons (Fsp3) is 0.357. The topological polar surface area (TPSA) is 32.3 Å². The number of piperazine rings is 1. The molecule has 0 bridgehead atoms. The first-order chi connectivity index (χ1) is 8.77. The Morgan fingerprint density at radius 3 is 3.11 bits per heavy atom. The lowest BCUT2D eigenvalue weighted by Crippen LogP contribution is -2.53. The zero-order valence-electron chi connectivity index (χ0n) is 10.3. The van der Waals surface area contributed by atoms with Crippen LogP contribution in [0.3, 0.4) is 0 Å². The van der Waals surface area contributed by atoms with Gasteiger partial charge in [0.05, 0.1) is 6.04 Å². The molecular formula is C14H16N2OS. The van der Waals surface area contributed by atoms with Crippen LogP contribution in [-0.2, 0) is 0 Å². The van der Waals surface area contributed by atoms with Crippen LogP contribution >= 0.6 is 11.3 Å². The highest BCUT2D eigenvalue weighted by atomic mass is 32.1. The third kappa shape index (κ3) is 1.96. The molecular weight excluding hydrogens is 244 g/mol. The summed E-state index contributed by atoms with van der Waals surface area (Å²) < 4.78 is 1.19. The number of nitrogens with zero attached hydrogens (tertiary/aromatic N) is 1. The van der Waals surface area contributed by atoms with Gasteiger partial charge in [0.2, 0.25) is 0 Å². The lowest BCUT2D eigenvalue weighted by Gasteiger charge is -2.31. The fourth-order valence-electron chi connectivity index (χ4n) is 2.45. The molecule has 3 nitrogen and oxygen atoms in total. The zero-order valence-corrected chi connectivity index (χ0v) is 11.2. The Balaban J connectivity index is 1.96. The molecule has 0 spiro atoms. The summed E-state index contributed by atoms with van der Waals surface area (Å²) in [6, 6.07) is 8.09. The molecule has 1 N–H and O–H groups in total. The minimum absolute atomic E-state index is 0.0308. The average molecular weight is 260 g/mol. The van der Waals surface area contributed by atoms with E-state index in [-0.39, 0.29) is 11.8 Å². The molecule has 1 atom stereocenters. The summed E-state index contributed by atoms with van der Waals surface area (Å²) in [4.78, 5) is 14.8. The Labute approximate surface area is 110 Å². The van der Waals surface area contributed by atoms with E-state index < -0.39 is 0 Å². The highest BCUT2D eigenvalue weighted by Crippen LogP contribution is 2.27. The molecule has 1 aromatic heterocycles. The first-order valence-electron chi connectivity index (χ1n) is 6.19. The maximum absolute atomic E-state index is 12.6. The third-order valence-corrected chi connectivity index (χ3v) is 4.52. The molecule has 0 amide bonds. The number of likely N-dealkylation sites (N-methyl/N-ethyl adjacent to an activating group) is 1. The highest BCUT2D eigenvalue weighted by Gasteiger charge is 2.28. The van der Waals surface area contributed by atoms with Crippen molar-refractivity contribution in [1.29, 1.82) is 0 Å². The smallest absolute Gasteiger partial charge is 0.182 e. The van der Waals surface area contributed by atoms with Gasteiger partial charge in [-0.3, -0.25) is 9.69 Å². The van der Waals surface area contributed by atoms with Crippen molar-refractivity contribution in [3.63, 3.8) is 0 Å². The number of Topliss-reactive ketones (excluding diaryl/α,β-unsaturated/α-hetero) is 1. The van der Waals surface area contributed by atoms with Crippen molar-refractivity contribution in [1.82, 2.24) is 10.2 Å². The van der Waals surface area contributed by atoms with E-state index in [0.717, 1.165) is 30.6 Å². The molecule has 0 radical (unpaired) electrons. The van der Waals surface area contributed by atoms with E-state index in [1.165, 1.54) is 4.70 Å². The molecule has 3 rings (SSSR count). The van der Waals surface area contributed by atoms with Gasteiger partial charge in [0, 0.05) is 40.7 Å². The fourth-order valence-corrected chi connectivity index (χ4v) is 3.40. The number of ketones is 1. The standard InChI is InChI=1S/C14H16N2OS/c1-16-7-6-15-8-12(16)14(17)11-9-18-13-5-3-2-4-10(11)13/h2-5,9,12,15H,6-8H2,1H3. The van der Waals surface area contributed by atoms with Crippen LogP contribution in [-0.4, -0.2) is 43.4 Å². The van der Waals surface area contributed by atoms with Gasteiger partial charge in [-0.2, -0.15) is 0 Å². The molecule has 0 aliphatic carbocycles. The number of nitrogens with one attached hydrogen (secondary N) is 1. The van der Waals surface area contributed by atoms with Crippen LogP contribution in [0.2, 0.25) is 0 Å². The number of thiophene rings is 1. The second-order valence-corrected chi connectivity index (χ2v) is 5.62. The van der Waals surface area contributed by atoms with Gasteiger partial charge in [0.15, 0.2) is 5.78 Å². The molecule has 1 fully saturated rings. The molecule has 0 saturated carbocycles. The maximum Gasteiger partial charge on any atom is 0.182 e. The summed E-state index contributed by atoms with van der Waals surface area (Å²) in [7, 11) is 2.03. The summed E-state index contributed by atoms with van der Waals surface area (Å²) in [5.41, 5.74) is 0.871. The molecule has 1 aliphatic rings. The number of fused-ring (bicyclic) bond motifs is 1. The summed E-state index contributed by atoms with van der Waals surface area (Å²) >= 11 is 1.65. The van der Waals surface area contributed by atoms with Gasteiger partial charge in [0.1, 0.15) is 0 Å².